The van der Waals surface area contributed by atoms with Crippen molar-refractivity contribution in [3.63, 3.8) is 0 Å². The normalized spacial score (nSPS) is 14.6. The molecule has 0 atom stereocenters. The van der Waals surface area contributed by atoms with Crippen LogP contribution in [-0.2, 0) is 14.3 Å². The minimum Gasteiger partial charge on any atom is -0.444 e. The van der Waals surface area contributed by atoms with Crippen LogP contribution in [0.4, 0.5) is 10.5 Å². The first-order valence-corrected chi connectivity index (χ1v) is 9.67. The van der Waals surface area contributed by atoms with Gasteiger partial charge in [0.1, 0.15) is 5.60 Å². The average molecular weight is 389 g/mol. The SMILES string of the molecule is Cc1cc(C)cc(NC(=O)CCC(=O)N2CCN(C(=O)OC(C)(C)C)CC2)c1. The Kier molecular flexibility index (Phi) is 7.05. The number of hydrogen-bond donors (Lipinski definition) is 1. The standard InChI is InChI=1S/C21H31N3O4/c1-15-12-16(2)14-17(13-15)22-18(25)6-7-19(26)23-8-10-24(11-9-23)20(27)28-21(3,4)5/h12-14H,6-11H2,1-5H3,(H,22,25). The molecule has 0 unspecified atom stereocenters. The van der Waals surface area contributed by atoms with E-state index in [4.69, 9.17) is 4.74 Å². The van der Waals surface area contributed by atoms with Crippen molar-refractivity contribution in [1.82, 2.24) is 9.80 Å². The predicted octanol–water partition coefficient (Wildman–Crippen LogP) is 3.10. The van der Waals surface area contributed by atoms with Crippen LogP contribution in [0.5, 0.6) is 0 Å². The number of amides is 3. The Bertz CT molecular complexity index is 711. The molecule has 0 saturated carbocycles. The van der Waals surface area contributed by atoms with Gasteiger partial charge in [-0.05, 0) is 57.9 Å². The van der Waals surface area contributed by atoms with Crippen LogP contribution in [0.2, 0.25) is 0 Å². The first kappa shape index (κ1) is 21.7. The van der Waals surface area contributed by atoms with E-state index >= 15 is 0 Å². The van der Waals surface area contributed by atoms with Crippen molar-refractivity contribution in [2.45, 2.75) is 53.1 Å². The van der Waals surface area contributed by atoms with E-state index in [0.29, 0.717) is 26.2 Å². The van der Waals surface area contributed by atoms with Crippen molar-refractivity contribution in [2.24, 2.45) is 0 Å². The lowest BCUT2D eigenvalue weighted by atomic mass is 10.1. The van der Waals surface area contributed by atoms with Crippen molar-refractivity contribution in [1.29, 1.82) is 0 Å². The molecule has 1 aromatic rings. The molecule has 1 saturated heterocycles. The van der Waals surface area contributed by atoms with Gasteiger partial charge in [0, 0.05) is 44.7 Å². The Balaban J connectivity index is 1.75. The zero-order chi connectivity index (χ0) is 20.9. The summed E-state index contributed by atoms with van der Waals surface area (Å²) < 4.78 is 5.36. The number of rotatable bonds is 4. The van der Waals surface area contributed by atoms with Gasteiger partial charge in [-0.1, -0.05) is 6.07 Å². The van der Waals surface area contributed by atoms with Crippen LogP contribution in [0, 0.1) is 13.8 Å². The number of hydrogen-bond acceptors (Lipinski definition) is 4. The molecule has 3 amide bonds. The molecule has 1 fully saturated rings. The lowest BCUT2D eigenvalue weighted by Crippen LogP contribution is -2.51. The average Bonchev–Trinajstić information content (AvgIpc) is 2.57. The van der Waals surface area contributed by atoms with Crippen molar-refractivity contribution < 1.29 is 19.1 Å². The third kappa shape index (κ3) is 6.87. The van der Waals surface area contributed by atoms with Crippen molar-refractivity contribution >= 4 is 23.6 Å². The molecule has 0 spiro atoms. The number of benzene rings is 1. The highest BCUT2D eigenvalue weighted by Gasteiger charge is 2.27. The molecule has 1 aliphatic heterocycles. The minimum absolute atomic E-state index is 0.0700. The lowest BCUT2D eigenvalue weighted by molar-refractivity contribution is -0.134. The molecule has 0 bridgehead atoms. The van der Waals surface area contributed by atoms with Crippen LogP contribution in [0.15, 0.2) is 18.2 Å². The van der Waals surface area contributed by atoms with Crippen LogP contribution in [0.3, 0.4) is 0 Å². The van der Waals surface area contributed by atoms with E-state index in [1.807, 2.05) is 52.8 Å². The largest absolute Gasteiger partial charge is 0.444 e. The van der Waals surface area contributed by atoms with Crippen LogP contribution < -0.4 is 5.32 Å². The van der Waals surface area contributed by atoms with Gasteiger partial charge in [0.05, 0.1) is 0 Å². The van der Waals surface area contributed by atoms with Gasteiger partial charge in [0.25, 0.3) is 0 Å². The monoisotopic (exact) mass is 389 g/mol. The molecule has 7 heteroatoms. The first-order valence-electron chi connectivity index (χ1n) is 9.67. The third-order valence-corrected chi connectivity index (χ3v) is 4.36. The topological polar surface area (TPSA) is 79.0 Å². The summed E-state index contributed by atoms with van der Waals surface area (Å²) in [4.78, 5) is 39.9. The molecule has 2 rings (SSSR count). The van der Waals surface area contributed by atoms with Gasteiger partial charge in [-0.15, -0.1) is 0 Å². The van der Waals surface area contributed by atoms with Crippen LogP contribution in [0.25, 0.3) is 0 Å². The smallest absolute Gasteiger partial charge is 0.410 e. The second kappa shape index (κ2) is 9.08. The van der Waals surface area contributed by atoms with Crippen LogP contribution in [-0.4, -0.2) is 59.5 Å². The summed E-state index contributed by atoms with van der Waals surface area (Å²) in [6.07, 6.45) is -0.0614. The second-order valence-electron chi connectivity index (χ2n) is 8.27. The maximum Gasteiger partial charge on any atom is 0.410 e. The maximum absolute atomic E-state index is 12.4. The lowest BCUT2D eigenvalue weighted by Gasteiger charge is -2.35. The fourth-order valence-corrected chi connectivity index (χ4v) is 3.11. The summed E-state index contributed by atoms with van der Waals surface area (Å²) in [6, 6.07) is 5.85. The molecule has 1 N–H and O–H groups in total. The van der Waals surface area contributed by atoms with Crippen molar-refractivity contribution in [2.75, 3.05) is 31.5 Å². The van der Waals surface area contributed by atoms with Crippen molar-refractivity contribution in [3.8, 4) is 0 Å². The van der Waals surface area contributed by atoms with E-state index in [-0.39, 0.29) is 30.7 Å². The fraction of sp³-hybridized carbons (Fsp3) is 0.571. The predicted molar refractivity (Wildman–Crippen MR) is 108 cm³/mol. The van der Waals surface area contributed by atoms with Crippen LogP contribution in [0.1, 0.15) is 44.7 Å². The van der Waals surface area contributed by atoms with E-state index in [9.17, 15) is 14.4 Å². The number of ether oxygens (including phenoxy) is 1. The zero-order valence-electron chi connectivity index (χ0n) is 17.5. The molecule has 154 valence electrons. The number of carbonyl (C=O) groups excluding carboxylic acids is 3. The Morgan fingerprint density at radius 3 is 2.00 bits per heavy atom. The van der Waals surface area contributed by atoms with Gasteiger partial charge in [-0.2, -0.15) is 0 Å². The van der Waals surface area contributed by atoms with Crippen LogP contribution >= 0.6 is 0 Å². The number of piperazine rings is 1. The Morgan fingerprint density at radius 2 is 1.46 bits per heavy atom. The molecule has 7 nitrogen and oxygen atoms in total. The number of carbonyl (C=O) groups is 3. The molecule has 1 heterocycles. The van der Waals surface area contributed by atoms with Gasteiger partial charge < -0.3 is 19.9 Å². The summed E-state index contributed by atoms with van der Waals surface area (Å²) in [6.45, 7) is 11.2. The molecular formula is C21H31N3O4. The maximum atomic E-state index is 12.4. The highest BCUT2D eigenvalue weighted by atomic mass is 16.6. The van der Waals surface area contributed by atoms with Crippen molar-refractivity contribution in [3.05, 3.63) is 29.3 Å². The molecule has 0 aliphatic carbocycles. The van der Waals surface area contributed by atoms with Gasteiger partial charge in [0.15, 0.2) is 0 Å². The van der Waals surface area contributed by atoms with Gasteiger partial charge >= 0.3 is 6.09 Å². The summed E-state index contributed by atoms with van der Waals surface area (Å²) >= 11 is 0. The van der Waals surface area contributed by atoms with Gasteiger partial charge in [-0.25, -0.2) is 4.79 Å². The molecule has 1 aliphatic rings. The summed E-state index contributed by atoms with van der Waals surface area (Å²) in [5.74, 6) is -0.245. The third-order valence-electron chi connectivity index (χ3n) is 4.36. The Hall–Kier alpha value is -2.57. The van der Waals surface area contributed by atoms with Gasteiger partial charge in [-0.3, -0.25) is 9.59 Å². The number of anilines is 1. The Morgan fingerprint density at radius 1 is 0.929 bits per heavy atom. The van der Waals surface area contributed by atoms with E-state index in [1.54, 1.807) is 9.80 Å². The minimum atomic E-state index is -0.534. The van der Waals surface area contributed by atoms with E-state index in [1.165, 1.54) is 0 Å². The molecular weight excluding hydrogens is 358 g/mol. The summed E-state index contributed by atoms with van der Waals surface area (Å²) in [5.41, 5.74) is 2.37. The van der Waals surface area contributed by atoms with Gasteiger partial charge in [0.2, 0.25) is 11.8 Å². The quantitative estimate of drug-likeness (QED) is 0.858. The summed E-state index contributed by atoms with van der Waals surface area (Å²) in [5, 5.41) is 2.85. The fourth-order valence-electron chi connectivity index (χ4n) is 3.11. The first-order chi connectivity index (χ1) is 13.0. The zero-order valence-corrected chi connectivity index (χ0v) is 17.5. The number of nitrogens with one attached hydrogen (secondary N) is 1. The highest BCUT2D eigenvalue weighted by molar-refractivity contribution is 5.93. The highest BCUT2D eigenvalue weighted by Crippen LogP contribution is 2.15. The number of nitrogens with zero attached hydrogens (tertiary/aromatic N) is 2. The molecule has 0 radical (unpaired) electrons. The van der Waals surface area contributed by atoms with E-state index in [2.05, 4.69) is 5.32 Å². The molecule has 0 aromatic heterocycles. The molecule has 1 aromatic carbocycles. The molecule has 28 heavy (non-hydrogen) atoms. The second-order valence-corrected chi connectivity index (χ2v) is 8.27. The Labute approximate surface area is 167 Å². The van der Waals surface area contributed by atoms with E-state index < -0.39 is 5.60 Å². The summed E-state index contributed by atoms with van der Waals surface area (Å²) in [7, 11) is 0. The van der Waals surface area contributed by atoms with E-state index in [0.717, 1.165) is 16.8 Å². The number of aryl methyl sites for hydroxylation is 2.